The summed E-state index contributed by atoms with van der Waals surface area (Å²) < 4.78 is 44.7. The number of methoxy groups -OCH3 is 1. The second kappa shape index (κ2) is 7.26. The van der Waals surface area contributed by atoms with Crippen molar-refractivity contribution in [1.82, 2.24) is 9.55 Å². The molecule has 0 aliphatic rings. The molecule has 0 fully saturated rings. The first-order chi connectivity index (χ1) is 12.8. The van der Waals surface area contributed by atoms with Gasteiger partial charge in [-0.3, -0.25) is 0 Å². The van der Waals surface area contributed by atoms with Gasteiger partial charge in [-0.15, -0.1) is 0 Å². The Labute approximate surface area is 154 Å². The van der Waals surface area contributed by atoms with Gasteiger partial charge in [0.25, 0.3) is 0 Å². The fourth-order valence-corrected chi connectivity index (χ4v) is 2.80. The molecule has 0 spiro atoms. The van der Waals surface area contributed by atoms with E-state index >= 15 is 0 Å². The molecule has 27 heavy (non-hydrogen) atoms. The molecule has 0 bridgehead atoms. The molecule has 0 saturated carbocycles. The summed E-state index contributed by atoms with van der Waals surface area (Å²) in [5, 5.41) is 0. The first-order valence-electron chi connectivity index (χ1n) is 8.13. The van der Waals surface area contributed by atoms with Gasteiger partial charge < -0.3 is 9.30 Å². The summed E-state index contributed by atoms with van der Waals surface area (Å²) in [4.78, 5) is 16.2. The van der Waals surface area contributed by atoms with Gasteiger partial charge in [-0.1, -0.05) is 18.2 Å². The minimum atomic E-state index is -4.36. The van der Waals surface area contributed by atoms with Crippen LogP contribution in [0.15, 0.2) is 55.0 Å². The second-order valence-electron chi connectivity index (χ2n) is 6.16. The number of hydrogen-bond donors (Lipinski definition) is 0. The molecule has 3 rings (SSSR count). The molecule has 0 radical (unpaired) electrons. The molecule has 2 aromatic carbocycles. The zero-order chi connectivity index (χ0) is 19.6. The fraction of sp³-hybridized carbons (Fsp3) is 0.200. The van der Waals surface area contributed by atoms with Crippen LogP contribution in [0.2, 0.25) is 0 Å². The van der Waals surface area contributed by atoms with E-state index in [0.29, 0.717) is 17.7 Å². The van der Waals surface area contributed by atoms with Crippen molar-refractivity contribution in [2.75, 3.05) is 7.11 Å². The van der Waals surface area contributed by atoms with E-state index in [-0.39, 0.29) is 0 Å². The van der Waals surface area contributed by atoms with Gasteiger partial charge in [-0.05, 0) is 41.8 Å². The summed E-state index contributed by atoms with van der Waals surface area (Å²) in [7, 11) is 3.13. The number of carbonyl (C=O) groups is 1. The van der Waals surface area contributed by atoms with E-state index < -0.39 is 17.7 Å². The lowest BCUT2D eigenvalue weighted by atomic mass is 9.95. The molecule has 4 nitrogen and oxygen atoms in total. The molecule has 1 aromatic heterocycles. The number of alkyl halides is 3. The molecule has 140 valence electrons. The molecule has 0 amide bonds. The highest BCUT2D eigenvalue weighted by Gasteiger charge is 2.29. The first-order valence-corrected chi connectivity index (χ1v) is 8.13. The van der Waals surface area contributed by atoms with Crippen molar-refractivity contribution in [2.24, 2.45) is 7.05 Å². The lowest BCUT2D eigenvalue weighted by Crippen LogP contribution is -2.05. The zero-order valence-electron chi connectivity index (χ0n) is 14.7. The van der Waals surface area contributed by atoms with Crippen LogP contribution in [0, 0.1) is 0 Å². The van der Waals surface area contributed by atoms with Gasteiger partial charge in [0.15, 0.2) is 0 Å². The van der Waals surface area contributed by atoms with Gasteiger partial charge in [0.2, 0.25) is 0 Å². The fourth-order valence-electron chi connectivity index (χ4n) is 2.80. The highest BCUT2D eigenvalue weighted by molar-refractivity contribution is 5.91. The summed E-state index contributed by atoms with van der Waals surface area (Å²) in [6.45, 7) is 0. The van der Waals surface area contributed by atoms with Crippen LogP contribution in [-0.2, 0) is 24.4 Å². The molecule has 7 heteroatoms. The third-order valence-corrected chi connectivity index (χ3v) is 4.19. The number of benzene rings is 2. The number of esters is 1. The van der Waals surface area contributed by atoms with Crippen LogP contribution >= 0.6 is 0 Å². The van der Waals surface area contributed by atoms with Crippen LogP contribution < -0.4 is 0 Å². The quantitative estimate of drug-likeness (QED) is 0.633. The number of hydrogen-bond acceptors (Lipinski definition) is 3. The molecule has 0 N–H and O–H groups in total. The Balaban J connectivity index is 1.98. The maximum atomic E-state index is 12.7. The summed E-state index contributed by atoms with van der Waals surface area (Å²) in [5.74, 6) is -0.465. The molecule has 0 atom stereocenters. The molecule has 1 heterocycles. The number of aromatic nitrogens is 2. The molecule has 0 saturated heterocycles. The molecule has 0 aliphatic heterocycles. The number of imidazole rings is 1. The van der Waals surface area contributed by atoms with Crippen molar-refractivity contribution >= 4 is 5.97 Å². The number of carbonyl (C=O) groups excluding carboxylic acids is 1. The standard InChI is InChI=1S/C20H17F3N2O2/c1-25-11-18(24-12-25)17-10-15(19(26)27-2)6-5-14(17)9-13-3-7-16(8-4-13)20(21,22)23/h3-8,10-12H,9H2,1-2H3. The van der Waals surface area contributed by atoms with E-state index in [9.17, 15) is 18.0 Å². The largest absolute Gasteiger partial charge is 0.465 e. The predicted octanol–water partition coefficient (Wildman–Crippen LogP) is 4.48. The summed E-state index contributed by atoms with van der Waals surface area (Å²) in [6, 6.07) is 10.1. The second-order valence-corrected chi connectivity index (χ2v) is 6.16. The van der Waals surface area contributed by atoms with Crippen molar-refractivity contribution in [1.29, 1.82) is 0 Å². The van der Waals surface area contributed by atoms with E-state index in [1.54, 1.807) is 29.1 Å². The van der Waals surface area contributed by atoms with E-state index in [4.69, 9.17) is 4.74 Å². The normalized spacial score (nSPS) is 11.4. The number of rotatable bonds is 4. The van der Waals surface area contributed by atoms with Crippen molar-refractivity contribution in [3.8, 4) is 11.3 Å². The Morgan fingerprint density at radius 1 is 1.15 bits per heavy atom. The van der Waals surface area contributed by atoms with Gasteiger partial charge in [-0.2, -0.15) is 13.2 Å². The van der Waals surface area contributed by atoms with Crippen LogP contribution in [-0.4, -0.2) is 22.6 Å². The van der Waals surface area contributed by atoms with Crippen molar-refractivity contribution in [2.45, 2.75) is 12.6 Å². The summed E-state index contributed by atoms with van der Waals surface area (Å²) in [5.41, 5.74) is 2.68. The molecular formula is C20H17F3N2O2. The maximum Gasteiger partial charge on any atom is 0.416 e. The number of aryl methyl sites for hydroxylation is 1. The molecule has 0 aliphatic carbocycles. The van der Waals surface area contributed by atoms with E-state index in [0.717, 1.165) is 28.8 Å². The monoisotopic (exact) mass is 374 g/mol. The zero-order valence-corrected chi connectivity index (χ0v) is 14.7. The van der Waals surface area contributed by atoms with Crippen LogP contribution in [0.4, 0.5) is 13.2 Å². The highest BCUT2D eigenvalue weighted by atomic mass is 19.4. The number of nitrogens with zero attached hydrogens (tertiary/aromatic N) is 2. The molecule has 3 aromatic rings. The lowest BCUT2D eigenvalue weighted by molar-refractivity contribution is -0.137. The van der Waals surface area contributed by atoms with Crippen molar-refractivity contribution < 1.29 is 22.7 Å². The molecule has 0 unspecified atom stereocenters. The first kappa shape index (κ1) is 18.7. The number of halogens is 3. The summed E-state index contributed by atoms with van der Waals surface area (Å²) in [6.07, 6.45) is -0.500. The van der Waals surface area contributed by atoms with Crippen molar-refractivity contribution in [3.63, 3.8) is 0 Å². The predicted molar refractivity (Wildman–Crippen MR) is 94.2 cm³/mol. The minimum absolute atomic E-state index is 0.384. The minimum Gasteiger partial charge on any atom is -0.465 e. The topological polar surface area (TPSA) is 44.1 Å². The van der Waals surface area contributed by atoms with Crippen LogP contribution in [0.5, 0.6) is 0 Å². The molecular weight excluding hydrogens is 357 g/mol. The maximum absolute atomic E-state index is 12.7. The van der Waals surface area contributed by atoms with E-state index in [1.807, 2.05) is 13.2 Å². The average molecular weight is 374 g/mol. The van der Waals surface area contributed by atoms with Crippen LogP contribution in [0.3, 0.4) is 0 Å². The third-order valence-electron chi connectivity index (χ3n) is 4.19. The van der Waals surface area contributed by atoms with Gasteiger partial charge in [-0.25, -0.2) is 9.78 Å². The Hall–Kier alpha value is -3.09. The Morgan fingerprint density at radius 3 is 2.41 bits per heavy atom. The van der Waals surface area contributed by atoms with E-state index in [2.05, 4.69) is 4.98 Å². The SMILES string of the molecule is COC(=O)c1ccc(Cc2ccc(C(F)(F)F)cc2)c(-c2cn(C)cn2)c1. The smallest absolute Gasteiger partial charge is 0.416 e. The van der Waals surface area contributed by atoms with Gasteiger partial charge in [0, 0.05) is 18.8 Å². The van der Waals surface area contributed by atoms with Gasteiger partial charge >= 0.3 is 12.1 Å². The van der Waals surface area contributed by atoms with Crippen LogP contribution in [0.25, 0.3) is 11.3 Å². The lowest BCUT2D eigenvalue weighted by Gasteiger charge is -2.11. The average Bonchev–Trinajstić information content (AvgIpc) is 3.07. The third kappa shape index (κ3) is 4.19. The van der Waals surface area contributed by atoms with Crippen LogP contribution in [0.1, 0.15) is 27.0 Å². The Morgan fingerprint density at radius 2 is 1.85 bits per heavy atom. The van der Waals surface area contributed by atoms with E-state index in [1.165, 1.54) is 19.2 Å². The summed E-state index contributed by atoms with van der Waals surface area (Å²) >= 11 is 0. The number of ether oxygens (including phenoxy) is 1. The Bertz CT molecular complexity index is 960. The van der Waals surface area contributed by atoms with Gasteiger partial charge in [0.1, 0.15) is 0 Å². The Kier molecular flexibility index (Phi) is 5.03. The van der Waals surface area contributed by atoms with Crippen molar-refractivity contribution in [3.05, 3.63) is 77.2 Å². The highest BCUT2D eigenvalue weighted by Crippen LogP contribution is 2.30. The van der Waals surface area contributed by atoms with Gasteiger partial charge in [0.05, 0.1) is 30.3 Å².